The molecule has 5 nitrogen and oxygen atoms in total. The lowest BCUT2D eigenvalue weighted by Gasteiger charge is -2.31. The average Bonchev–Trinajstić information content (AvgIpc) is 2.63. The molecule has 3 rings (SSSR count). The summed E-state index contributed by atoms with van der Waals surface area (Å²) in [7, 11) is 1.59. The van der Waals surface area contributed by atoms with Crippen molar-refractivity contribution in [3.8, 4) is 5.75 Å². The number of hydrogen-bond donors (Lipinski definition) is 1. The zero-order valence-corrected chi connectivity index (χ0v) is 15.1. The van der Waals surface area contributed by atoms with Crippen LogP contribution in [0.4, 0.5) is 11.4 Å². The van der Waals surface area contributed by atoms with Crippen LogP contribution in [-0.4, -0.2) is 39.3 Å². The number of morpholine rings is 1. The molecule has 0 radical (unpaired) electrons. The van der Waals surface area contributed by atoms with E-state index >= 15 is 0 Å². The van der Waals surface area contributed by atoms with Crippen LogP contribution in [0.2, 0.25) is 5.02 Å². The quantitative estimate of drug-likeness (QED) is 0.902. The van der Waals surface area contributed by atoms with Gasteiger partial charge in [-0.2, -0.15) is 0 Å². The molecule has 1 aliphatic rings. The normalized spacial score (nSPS) is 14.3. The van der Waals surface area contributed by atoms with Gasteiger partial charge in [-0.3, -0.25) is 4.79 Å². The van der Waals surface area contributed by atoms with Crippen LogP contribution in [0.1, 0.15) is 15.9 Å². The third kappa shape index (κ3) is 3.89. The molecule has 0 aromatic heterocycles. The number of rotatable bonds is 4. The van der Waals surface area contributed by atoms with E-state index in [1.807, 2.05) is 31.2 Å². The third-order valence-electron chi connectivity index (χ3n) is 4.23. The molecule has 25 heavy (non-hydrogen) atoms. The third-order valence-corrected chi connectivity index (χ3v) is 4.54. The van der Waals surface area contributed by atoms with Crippen molar-refractivity contribution in [2.24, 2.45) is 0 Å². The summed E-state index contributed by atoms with van der Waals surface area (Å²) in [6.45, 7) is 4.71. The van der Waals surface area contributed by atoms with Gasteiger partial charge in [0, 0.05) is 18.7 Å². The van der Waals surface area contributed by atoms with Gasteiger partial charge in [0.15, 0.2) is 0 Å². The molecule has 0 spiro atoms. The summed E-state index contributed by atoms with van der Waals surface area (Å²) in [4.78, 5) is 14.8. The molecule has 6 heteroatoms. The van der Waals surface area contributed by atoms with E-state index in [-0.39, 0.29) is 5.91 Å². The van der Waals surface area contributed by atoms with Crippen LogP contribution in [0, 0.1) is 6.92 Å². The van der Waals surface area contributed by atoms with Gasteiger partial charge in [0.2, 0.25) is 0 Å². The van der Waals surface area contributed by atoms with Crippen LogP contribution in [0.15, 0.2) is 36.4 Å². The molecular weight excluding hydrogens is 340 g/mol. The number of benzene rings is 2. The fraction of sp³-hybridized carbons (Fsp3) is 0.316. The Bertz CT molecular complexity index is 773. The van der Waals surface area contributed by atoms with Crippen LogP contribution < -0.4 is 15.0 Å². The maximum Gasteiger partial charge on any atom is 0.255 e. The molecule has 0 saturated carbocycles. The van der Waals surface area contributed by atoms with E-state index in [1.165, 1.54) is 0 Å². The van der Waals surface area contributed by atoms with E-state index in [0.29, 0.717) is 35.2 Å². The number of hydrogen-bond acceptors (Lipinski definition) is 4. The van der Waals surface area contributed by atoms with Gasteiger partial charge in [-0.15, -0.1) is 0 Å². The number of methoxy groups -OCH3 is 1. The molecular formula is C19H21ClN2O3. The Hall–Kier alpha value is -2.24. The van der Waals surface area contributed by atoms with Crippen LogP contribution >= 0.6 is 11.6 Å². The Morgan fingerprint density at radius 2 is 2.00 bits per heavy atom. The van der Waals surface area contributed by atoms with Crippen LogP contribution in [0.5, 0.6) is 5.75 Å². The number of anilines is 2. The van der Waals surface area contributed by atoms with E-state index in [1.54, 1.807) is 19.2 Å². The number of nitrogens with one attached hydrogen (secondary N) is 1. The van der Waals surface area contributed by atoms with Gasteiger partial charge in [-0.25, -0.2) is 0 Å². The summed E-state index contributed by atoms with van der Waals surface area (Å²) >= 11 is 6.41. The van der Waals surface area contributed by atoms with Gasteiger partial charge in [0.1, 0.15) is 5.75 Å². The highest BCUT2D eigenvalue weighted by atomic mass is 35.5. The average molecular weight is 361 g/mol. The molecule has 0 bridgehead atoms. The van der Waals surface area contributed by atoms with Crippen molar-refractivity contribution in [1.82, 2.24) is 0 Å². The summed E-state index contributed by atoms with van der Waals surface area (Å²) < 4.78 is 10.7. The number of aryl methyl sites for hydroxylation is 1. The van der Waals surface area contributed by atoms with Crippen molar-refractivity contribution in [3.05, 3.63) is 52.5 Å². The maximum atomic E-state index is 12.7. The summed E-state index contributed by atoms with van der Waals surface area (Å²) in [5.74, 6) is 0.488. The van der Waals surface area contributed by atoms with Crippen LogP contribution in [-0.2, 0) is 4.74 Å². The van der Waals surface area contributed by atoms with E-state index < -0.39 is 0 Å². The number of carbonyl (C=O) groups excluding carboxylic acids is 1. The predicted molar refractivity (Wildman–Crippen MR) is 100 cm³/mol. The minimum absolute atomic E-state index is 0.199. The Kier molecular flexibility index (Phi) is 5.46. The predicted octanol–water partition coefficient (Wildman–Crippen LogP) is 3.75. The van der Waals surface area contributed by atoms with Crippen molar-refractivity contribution in [3.63, 3.8) is 0 Å². The molecule has 2 aromatic rings. The Labute approximate surface area is 152 Å². The second kappa shape index (κ2) is 7.76. The largest absolute Gasteiger partial charge is 0.496 e. The Morgan fingerprint density at radius 3 is 2.72 bits per heavy atom. The highest BCUT2D eigenvalue weighted by Crippen LogP contribution is 2.34. The molecule has 132 valence electrons. The van der Waals surface area contributed by atoms with Gasteiger partial charge in [0.05, 0.1) is 36.7 Å². The highest BCUT2D eigenvalue weighted by Gasteiger charge is 2.19. The molecule has 1 N–H and O–H groups in total. The van der Waals surface area contributed by atoms with Crippen LogP contribution in [0.3, 0.4) is 0 Å². The van der Waals surface area contributed by atoms with Gasteiger partial charge in [0.25, 0.3) is 5.91 Å². The lowest BCUT2D eigenvalue weighted by Crippen LogP contribution is -2.37. The number of para-hydroxylation sites is 1. The second-order valence-electron chi connectivity index (χ2n) is 5.87. The first-order valence-electron chi connectivity index (χ1n) is 8.17. The number of carbonyl (C=O) groups is 1. The standard InChI is InChI=1S/C19H21ClN2O3/c1-13-6-7-14(12-17(13)24-2)19(23)21-16-5-3-4-15(20)18(16)22-8-10-25-11-9-22/h3-7,12H,8-11H2,1-2H3,(H,21,23). The molecule has 1 saturated heterocycles. The highest BCUT2D eigenvalue weighted by molar-refractivity contribution is 6.34. The second-order valence-corrected chi connectivity index (χ2v) is 6.28. The molecule has 1 heterocycles. The first-order chi connectivity index (χ1) is 12.1. The number of amides is 1. The lowest BCUT2D eigenvalue weighted by atomic mass is 10.1. The van der Waals surface area contributed by atoms with Crippen molar-refractivity contribution >= 4 is 28.9 Å². The first-order valence-corrected chi connectivity index (χ1v) is 8.55. The fourth-order valence-corrected chi connectivity index (χ4v) is 3.17. The van der Waals surface area contributed by atoms with E-state index in [9.17, 15) is 4.79 Å². The van der Waals surface area contributed by atoms with Gasteiger partial charge >= 0.3 is 0 Å². The Morgan fingerprint density at radius 1 is 1.24 bits per heavy atom. The van der Waals surface area contributed by atoms with Crippen molar-refractivity contribution in [1.29, 1.82) is 0 Å². The molecule has 0 aliphatic carbocycles. The fourth-order valence-electron chi connectivity index (χ4n) is 2.88. The van der Waals surface area contributed by atoms with E-state index in [4.69, 9.17) is 21.1 Å². The lowest BCUT2D eigenvalue weighted by molar-refractivity contribution is 0.102. The SMILES string of the molecule is COc1cc(C(=O)Nc2cccc(Cl)c2N2CCOCC2)ccc1C. The Balaban J connectivity index is 1.87. The number of nitrogens with zero attached hydrogens (tertiary/aromatic N) is 1. The smallest absolute Gasteiger partial charge is 0.255 e. The van der Waals surface area contributed by atoms with Crippen molar-refractivity contribution in [2.45, 2.75) is 6.92 Å². The van der Waals surface area contributed by atoms with Gasteiger partial charge < -0.3 is 19.7 Å². The first kappa shape index (κ1) is 17.6. The molecule has 1 aliphatic heterocycles. The minimum atomic E-state index is -0.199. The molecule has 0 atom stereocenters. The molecule has 1 amide bonds. The maximum absolute atomic E-state index is 12.7. The monoisotopic (exact) mass is 360 g/mol. The zero-order valence-electron chi connectivity index (χ0n) is 14.3. The summed E-state index contributed by atoms with van der Waals surface area (Å²) in [6, 6.07) is 10.9. The van der Waals surface area contributed by atoms with E-state index in [0.717, 1.165) is 24.3 Å². The van der Waals surface area contributed by atoms with Crippen molar-refractivity contribution < 1.29 is 14.3 Å². The number of halogens is 1. The van der Waals surface area contributed by atoms with Gasteiger partial charge in [-0.05, 0) is 36.8 Å². The minimum Gasteiger partial charge on any atom is -0.496 e. The zero-order chi connectivity index (χ0) is 17.8. The van der Waals surface area contributed by atoms with Crippen molar-refractivity contribution in [2.75, 3.05) is 43.6 Å². The van der Waals surface area contributed by atoms with Crippen LogP contribution in [0.25, 0.3) is 0 Å². The summed E-state index contributed by atoms with van der Waals surface area (Å²) in [5.41, 5.74) is 3.05. The topological polar surface area (TPSA) is 50.8 Å². The summed E-state index contributed by atoms with van der Waals surface area (Å²) in [5, 5.41) is 3.59. The molecule has 0 unspecified atom stereocenters. The molecule has 1 fully saturated rings. The van der Waals surface area contributed by atoms with E-state index in [2.05, 4.69) is 10.2 Å². The summed E-state index contributed by atoms with van der Waals surface area (Å²) in [6.07, 6.45) is 0. The number of ether oxygens (including phenoxy) is 2. The van der Waals surface area contributed by atoms with Gasteiger partial charge in [-0.1, -0.05) is 23.7 Å². The molecule has 2 aromatic carbocycles.